The molecule has 0 unspecified atom stereocenters. The van der Waals surface area contributed by atoms with Crippen LogP contribution in [0, 0.1) is 0 Å². The number of hydrogen-bond acceptors (Lipinski definition) is 5. The van der Waals surface area contributed by atoms with Crippen molar-refractivity contribution in [2.45, 2.75) is 31.3 Å². The van der Waals surface area contributed by atoms with Crippen molar-refractivity contribution in [2.24, 2.45) is 4.99 Å². The third-order valence-electron chi connectivity index (χ3n) is 3.17. The largest absolute Gasteiger partial charge is 0.377 e. The molecule has 0 bridgehead atoms. The normalized spacial score (nSPS) is 12.9. The Balaban J connectivity index is 2.50. The number of ether oxygens (including phenoxy) is 1. The highest BCUT2D eigenvalue weighted by Crippen LogP contribution is 2.07. The molecule has 24 heavy (non-hydrogen) atoms. The van der Waals surface area contributed by atoms with Crippen molar-refractivity contribution in [3.8, 4) is 0 Å². The van der Waals surface area contributed by atoms with Crippen molar-refractivity contribution in [1.82, 2.24) is 20.3 Å². The number of guanidine groups is 1. The Morgan fingerprint density at radius 1 is 1.33 bits per heavy atom. The number of hydrogen-bond donors (Lipinski definition) is 3. The van der Waals surface area contributed by atoms with Crippen molar-refractivity contribution in [3.63, 3.8) is 0 Å². The number of rotatable bonds is 9. The first-order chi connectivity index (χ1) is 11.3. The molecule has 8 nitrogen and oxygen atoms in total. The fraction of sp³-hybridized carbons (Fsp3) is 0.600. The van der Waals surface area contributed by atoms with E-state index < -0.39 is 10.0 Å². The third kappa shape index (κ3) is 7.24. The van der Waals surface area contributed by atoms with Gasteiger partial charge >= 0.3 is 0 Å². The van der Waals surface area contributed by atoms with Crippen molar-refractivity contribution < 1.29 is 13.2 Å². The second kappa shape index (κ2) is 9.55. The van der Waals surface area contributed by atoms with Crippen molar-refractivity contribution in [3.05, 3.63) is 24.5 Å². The first-order valence-corrected chi connectivity index (χ1v) is 9.26. The van der Waals surface area contributed by atoms with Gasteiger partial charge in [-0.05, 0) is 32.9 Å². The summed E-state index contributed by atoms with van der Waals surface area (Å²) in [6, 6.07) is 3.08. The van der Waals surface area contributed by atoms with Crippen LogP contribution in [0.25, 0.3) is 0 Å². The Bertz CT molecular complexity index is 617. The van der Waals surface area contributed by atoms with Gasteiger partial charge in [-0.25, -0.2) is 13.1 Å². The van der Waals surface area contributed by atoms with Gasteiger partial charge in [0, 0.05) is 39.1 Å². The summed E-state index contributed by atoms with van der Waals surface area (Å²) < 4.78 is 32.0. The summed E-state index contributed by atoms with van der Waals surface area (Å²) in [5.74, 6) is 0.614. The smallest absolute Gasteiger partial charge is 0.242 e. The highest BCUT2D eigenvalue weighted by molar-refractivity contribution is 7.89. The molecule has 0 amide bonds. The lowest BCUT2D eigenvalue weighted by atomic mass is 10.1. The molecule has 0 atom stereocenters. The highest BCUT2D eigenvalue weighted by atomic mass is 32.2. The van der Waals surface area contributed by atoms with Crippen molar-refractivity contribution in [2.75, 3.05) is 33.3 Å². The maximum atomic E-state index is 12.1. The number of pyridine rings is 1. The zero-order chi connectivity index (χ0) is 18.1. The van der Waals surface area contributed by atoms with E-state index in [4.69, 9.17) is 4.74 Å². The van der Waals surface area contributed by atoms with E-state index in [1.165, 1.54) is 18.5 Å². The number of sulfonamides is 1. The van der Waals surface area contributed by atoms with Crippen LogP contribution in [-0.2, 0) is 14.8 Å². The average molecular weight is 357 g/mol. The molecular weight excluding hydrogens is 330 g/mol. The maximum absolute atomic E-state index is 12.1. The molecule has 1 aromatic rings. The minimum absolute atomic E-state index is 0.146. The van der Waals surface area contributed by atoms with Crippen LogP contribution in [0.4, 0.5) is 0 Å². The van der Waals surface area contributed by atoms with E-state index in [1.54, 1.807) is 13.2 Å². The summed E-state index contributed by atoms with van der Waals surface area (Å²) in [6.07, 6.45) is 2.84. The van der Waals surface area contributed by atoms with Gasteiger partial charge in [0.15, 0.2) is 5.96 Å². The number of methoxy groups -OCH3 is 1. The zero-order valence-electron chi connectivity index (χ0n) is 14.7. The molecule has 1 heterocycles. The molecule has 0 aliphatic rings. The van der Waals surface area contributed by atoms with E-state index in [-0.39, 0.29) is 17.0 Å². The Morgan fingerprint density at radius 2 is 2.08 bits per heavy atom. The van der Waals surface area contributed by atoms with E-state index in [0.29, 0.717) is 25.6 Å². The Hall–Kier alpha value is -1.71. The van der Waals surface area contributed by atoms with Crippen LogP contribution in [0.2, 0.25) is 0 Å². The molecule has 0 aromatic carbocycles. The second-order valence-electron chi connectivity index (χ2n) is 5.67. The van der Waals surface area contributed by atoms with E-state index in [9.17, 15) is 8.42 Å². The van der Waals surface area contributed by atoms with Crippen LogP contribution in [0.5, 0.6) is 0 Å². The first-order valence-electron chi connectivity index (χ1n) is 7.78. The molecule has 0 fully saturated rings. The second-order valence-corrected chi connectivity index (χ2v) is 7.44. The lowest BCUT2D eigenvalue weighted by molar-refractivity contribution is 0.0310. The van der Waals surface area contributed by atoms with Crippen LogP contribution in [0.15, 0.2) is 34.4 Å². The maximum Gasteiger partial charge on any atom is 0.242 e. The van der Waals surface area contributed by atoms with E-state index in [0.717, 1.165) is 0 Å². The number of aliphatic imine (C=N–C) groups is 1. The molecule has 0 aliphatic carbocycles. The van der Waals surface area contributed by atoms with Gasteiger partial charge in [-0.1, -0.05) is 0 Å². The van der Waals surface area contributed by atoms with Gasteiger partial charge in [-0.3, -0.25) is 9.98 Å². The Morgan fingerprint density at radius 3 is 2.67 bits per heavy atom. The average Bonchev–Trinajstić information content (AvgIpc) is 2.57. The molecule has 9 heteroatoms. The molecular formula is C15H27N5O3S. The van der Waals surface area contributed by atoms with E-state index >= 15 is 0 Å². The minimum atomic E-state index is -3.54. The van der Waals surface area contributed by atoms with Gasteiger partial charge < -0.3 is 15.4 Å². The van der Waals surface area contributed by atoms with Crippen LogP contribution in [-0.4, -0.2) is 58.3 Å². The van der Waals surface area contributed by atoms with Crippen molar-refractivity contribution in [1.29, 1.82) is 0 Å². The zero-order valence-corrected chi connectivity index (χ0v) is 15.5. The van der Waals surface area contributed by atoms with Crippen LogP contribution < -0.4 is 15.4 Å². The van der Waals surface area contributed by atoms with Crippen LogP contribution >= 0.6 is 0 Å². The topological polar surface area (TPSA) is 105 Å². The fourth-order valence-corrected chi connectivity index (χ4v) is 2.63. The molecule has 1 aromatic heterocycles. The predicted molar refractivity (Wildman–Crippen MR) is 94.5 cm³/mol. The molecule has 3 N–H and O–H groups in total. The first kappa shape index (κ1) is 20.3. The number of nitrogens with zero attached hydrogens (tertiary/aromatic N) is 2. The lowest BCUT2D eigenvalue weighted by Crippen LogP contribution is -2.42. The minimum Gasteiger partial charge on any atom is -0.377 e. The summed E-state index contributed by atoms with van der Waals surface area (Å²) >= 11 is 0. The van der Waals surface area contributed by atoms with Gasteiger partial charge in [0.05, 0.1) is 12.1 Å². The monoisotopic (exact) mass is 357 g/mol. The van der Waals surface area contributed by atoms with E-state index in [1.807, 2.05) is 20.8 Å². The molecule has 0 saturated carbocycles. The summed E-state index contributed by atoms with van der Waals surface area (Å²) in [4.78, 5) is 8.39. The van der Waals surface area contributed by atoms with Crippen molar-refractivity contribution >= 4 is 16.0 Å². The van der Waals surface area contributed by atoms with Gasteiger partial charge in [0.2, 0.25) is 10.0 Å². The third-order valence-corrected chi connectivity index (χ3v) is 4.62. The summed E-state index contributed by atoms with van der Waals surface area (Å²) in [6.45, 7) is 7.68. The van der Waals surface area contributed by atoms with Crippen LogP contribution in [0.3, 0.4) is 0 Å². The van der Waals surface area contributed by atoms with Crippen LogP contribution in [0.1, 0.15) is 20.8 Å². The molecule has 0 aliphatic heterocycles. The standard InChI is InChI=1S/C15H27N5O3S/c1-5-17-14(19-12-15(2,3)23-4)18-9-10-20-24(21,22)13-7-6-8-16-11-13/h6-8,11,20H,5,9-10,12H2,1-4H3,(H2,17,18,19). The highest BCUT2D eigenvalue weighted by Gasteiger charge is 2.16. The number of aromatic nitrogens is 1. The van der Waals surface area contributed by atoms with Gasteiger partial charge in [0.25, 0.3) is 0 Å². The fourth-order valence-electron chi connectivity index (χ4n) is 1.63. The van der Waals surface area contributed by atoms with Gasteiger partial charge in [0.1, 0.15) is 4.90 Å². The Labute approximate surface area is 144 Å². The number of nitrogens with one attached hydrogen (secondary N) is 3. The molecule has 136 valence electrons. The summed E-state index contributed by atoms with van der Waals surface area (Å²) in [5.41, 5.74) is -0.357. The predicted octanol–water partition coefficient (Wildman–Crippen LogP) is 0.340. The van der Waals surface area contributed by atoms with Gasteiger partial charge in [-0.15, -0.1) is 0 Å². The summed E-state index contributed by atoms with van der Waals surface area (Å²) in [7, 11) is -1.90. The van der Waals surface area contributed by atoms with E-state index in [2.05, 4.69) is 25.3 Å². The molecule has 0 saturated heterocycles. The quantitative estimate of drug-likeness (QED) is 0.334. The SMILES string of the molecule is CCNC(=NCC(C)(C)OC)NCCNS(=O)(=O)c1cccnc1. The summed E-state index contributed by atoms with van der Waals surface area (Å²) in [5, 5.41) is 6.19. The Kier molecular flexibility index (Phi) is 8.09. The molecule has 0 radical (unpaired) electrons. The lowest BCUT2D eigenvalue weighted by Gasteiger charge is -2.21. The van der Waals surface area contributed by atoms with Gasteiger partial charge in [-0.2, -0.15) is 0 Å². The molecule has 0 spiro atoms. The molecule has 1 rings (SSSR count).